The Bertz CT molecular complexity index is 944. The lowest BCUT2D eigenvalue weighted by Crippen LogP contribution is -2.50. The quantitative estimate of drug-likeness (QED) is 0.480. The molecule has 1 fully saturated rings. The first kappa shape index (κ1) is 23.4. The van der Waals surface area contributed by atoms with Crippen molar-refractivity contribution in [2.24, 2.45) is 0 Å². The van der Waals surface area contributed by atoms with Gasteiger partial charge in [0.1, 0.15) is 6.04 Å². The number of non-ortho nitro benzene ring substituents is 1. The van der Waals surface area contributed by atoms with E-state index in [1.165, 1.54) is 24.3 Å². The van der Waals surface area contributed by atoms with Crippen molar-refractivity contribution >= 4 is 17.5 Å². The molecule has 2 amide bonds. The number of hydrogen-bond donors (Lipinski definition) is 2. The van der Waals surface area contributed by atoms with E-state index in [9.17, 15) is 19.7 Å². The fraction of sp³-hybridized carbons (Fsp3) is 0.391. The molecule has 0 saturated carbocycles. The zero-order chi connectivity index (χ0) is 23.1. The number of hydrogen-bond acceptors (Lipinski definition) is 6. The highest BCUT2D eigenvalue weighted by atomic mass is 16.6. The summed E-state index contributed by atoms with van der Waals surface area (Å²) in [7, 11) is 2.10. The first-order valence-corrected chi connectivity index (χ1v) is 10.6. The molecule has 0 aliphatic carbocycles. The number of likely N-dealkylation sites (N-methyl/N-ethyl adjacent to an activating group) is 1. The molecule has 9 nitrogen and oxygen atoms in total. The Morgan fingerprint density at radius 1 is 1.03 bits per heavy atom. The van der Waals surface area contributed by atoms with Crippen molar-refractivity contribution in [3.8, 4) is 0 Å². The Hall–Kier alpha value is -3.30. The highest BCUT2D eigenvalue weighted by Gasteiger charge is 2.24. The Balaban J connectivity index is 1.65. The second kappa shape index (κ2) is 10.8. The van der Waals surface area contributed by atoms with E-state index in [1.807, 2.05) is 30.3 Å². The van der Waals surface area contributed by atoms with E-state index in [1.54, 1.807) is 6.92 Å². The van der Waals surface area contributed by atoms with Crippen molar-refractivity contribution in [2.45, 2.75) is 19.0 Å². The van der Waals surface area contributed by atoms with Gasteiger partial charge in [0.2, 0.25) is 5.91 Å². The van der Waals surface area contributed by atoms with Gasteiger partial charge in [0.15, 0.2) is 0 Å². The number of benzene rings is 2. The maximum atomic E-state index is 12.9. The third-order valence-electron chi connectivity index (χ3n) is 5.62. The average molecular weight is 440 g/mol. The van der Waals surface area contributed by atoms with Crippen LogP contribution in [0, 0.1) is 10.1 Å². The first-order valence-electron chi connectivity index (χ1n) is 10.6. The van der Waals surface area contributed by atoms with Crippen molar-refractivity contribution in [3.63, 3.8) is 0 Å². The van der Waals surface area contributed by atoms with Gasteiger partial charge in [-0.25, -0.2) is 0 Å². The minimum absolute atomic E-state index is 0.135. The van der Waals surface area contributed by atoms with Crippen LogP contribution < -0.4 is 10.6 Å². The number of piperazine rings is 1. The van der Waals surface area contributed by atoms with E-state index in [4.69, 9.17) is 0 Å². The van der Waals surface area contributed by atoms with Crippen LogP contribution in [0.3, 0.4) is 0 Å². The number of nitrogens with zero attached hydrogens (tertiary/aromatic N) is 3. The van der Waals surface area contributed by atoms with Gasteiger partial charge in [-0.3, -0.25) is 24.6 Å². The highest BCUT2D eigenvalue weighted by Crippen LogP contribution is 2.16. The van der Waals surface area contributed by atoms with Crippen LogP contribution in [0.5, 0.6) is 0 Å². The minimum Gasteiger partial charge on any atom is -0.346 e. The Morgan fingerprint density at radius 3 is 2.38 bits per heavy atom. The monoisotopic (exact) mass is 439 g/mol. The van der Waals surface area contributed by atoms with Crippen LogP contribution in [-0.4, -0.2) is 72.4 Å². The molecule has 2 atom stereocenters. The molecule has 2 aromatic rings. The molecule has 1 heterocycles. The van der Waals surface area contributed by atoms with Gasteiger partial charge >= 0.3 is 0 Å². The number of amides is 2. The van der Waals surface area contributed by atoms with Crippen LogP contribution in [0.25, 0.3) is 0 Å². The van der Waals surface area contributed by atoms with Gasteiger partial charge in [0, 0.05) is 50.4 Å². The van der Waals surface area contributed by atoms with Gasteiger partial charge in [-0.2, -0.15) is 0 Å². The van der Waals surface area contributed by atoms with Crippen LogP contribution in [0.4, 0.5) is 5.69 Å². The lowest BCUT2D eigenvalue weighted by Gasteiger charge is -2.35. The van der Waals surface area contributed by atoms with E-state index in [0.717, 1.165) is 31.7 Å². The van der Waals surface area contributed by atoms with Gasteiger partial charge in [-0.05, 0) is 25.6 Å². The zero-order valence-electron chi connectivity index (χ0n) is 18.4. The summed E-state index contributed by atoms with van der Waals surface area (Å²) < 4.78 is 0. The number of nitro groups is 1. The van der Waals surface area contributed by atoms with E-state index in [-0.39, 0.29) is 23.2 Å². The fourth-order valence-corrected chi connectivity index (χ4v) is 3.61. The van der Waals surface area contributed by atoms with Crippen LogP contribution in [0.2, 0.25) is 0 Å². The lowest BCUT2D eigenvalue weighted by atomic mass is 10.1. The molecule has 0 aromatic heterocycles. The molecular formula is C23H29N5O4. The van der Waals surface area contributed by atoms with E-state index >= 15 is 0 Å². The molecular weight excluding hydrogens is 410 g/mol. The van der Waals surface area contributed by atoms with Crippen LogP contribution in [0.1, 0.15) is 28.9 Å². The van der Waals surface area contributed by atoms with Crippen molar-refractivity contribution in [2.75, 3.05) is 39.8 Å². The van der Waals surface area contributed by atoms with Gasteiger partial charge in [0.05, 0.1) is 11.0 Å². The van der Waals surface area contributed by atoms with Gasteiger partial charge in [0.25, 0.3) is 11.6 Å². The summed E-state index contributed by atoms with van der Waals surface area (Å²) in [5.41, 5.74) is 0.957. The predicted molar refractivity (Wildman–Crippen MR) is 121 cm³/mol. The molecule has 9 heteroatoms. The second-order valence-electron chi connectivity index (χ2n) is 8.08. The average Bonchev–Trinajstić information content (AvgIpc) is 2.80. The summed E-state index contributed by atoms with van der Waals surface area (Å²) in [5.74, 6) is -0.849. The Morgan fingerprint density at radius 2 is 1.72 bits per heavy atom. The molecule has 1 saturated heterocycles. The second-order valence-corrected chi connectivity index (χ2v) is 8.08. The summed E-state index contributed by atoms with van der Waals surface area (Å²) in [4.78, 5) is 40.4. The van der Waals surface area contributed by atoms with Crippen molar-refractivity contribution in [3.05, 3.63) is 75.8 Å². The Kier molecular flexibility index (Phi) is 7.91. The molecule has 2 unspecified atom stereocenters. The standard InChI is InChI=1S/C23H29N5O4/c1-17(24-23(30)19-9-6-10-20(15-19)28(31)32)22(29)25-21(18-7-4-3-5-8-18)16-27-13-11-26(2)12-14-27/h3-10,15,17,21H,11-14,16H2,1-2H3,(H,24,30)(H,25,29). The molecule has 2 N–H and O–H groups in total. The van der Waals surface area contributed by atoms with Gasteiger partial charge in [-0.1, -0.05) is 36.4 Å². The largest absolute Gasteiger partial charge is 0.346 e. The van der Waals surface area contributed by atoms with E-state index < -0.39 is 16.9 Å². The van der Waals surface area contributed by atoms with Crippen molar-refractivity contribution < 1.29 is 14.5 Å². The van der Waals surface area contributed by atoms with E-state index in [2.05, 4.69) is 27.5 Å². The summed E-state index contributed by atoms with van der Waals surface area (Å²) in [5, 5.41) is 16.6. The molecule has 170 valence electrons. The van der Waals surface area contributed by atoms with Crippen LogP contribution >= 0.6 is 0 Å². The SMILES string of the molecule is CC(NC(=O)c1cccc([N+](=O)[O-])c1)C(=O)NC(CN1CCN(C)CC1)c1ccccc1. The number of nitro benzene ring substituents is 1. The molecule has 1 aliphatic rings. The topological polar surface area (TPSA) is 108 Å². The van der Waals surface area contributed by atoms with Crippen LogP contribution in [-0.2, 0) is 4.79 Å². The summed E-state index contributed by atoms with van der Waals surface area (Å²) in [6.45, 7) is 6.08. The molecule has 2 aromatic carbocycles. The normalized spacial score (nSPS) is 16.7. The number of carbonyl (C=O) groups excluding carboxylic acids is 2. The summed E-state index contributed by atoms with van der Waals surface area (Å²) in [6, 6.07) is 14.2. The third kappa shape index (κ3) is 6.35. The highest BCUT2D eigenvalue weighted by molar-refractivity contribution is 5.97. The number of rotatable bonds is 8. The molecule has 32 heavy (non-hydrogen) atoms. The maximum Gasteiger partial charge on any atom is 0.270 e. The zero-order valence-corrected chi connectivity index (χ0v) is 18.4. The molecule has 0 radical (unpaired) electrons. The fourth-order valence-electron chi connectivity index (χ4n) is 3.61. The third-order valence-corrected chi connectivity index (χ3v) is 5.62. The Labute approximate surface area is 187 Å². The van der Waals surface area contributed by atoms with Crippen LogP contribution in [0.15, 0.2) is 54.6 Å². The molecule has 0 spiro atoms. The molecule has 3 rings (SSSR count). The van der Waals surface area contributed by atoms with Gasteiger partial charge in [-0.15, -0.1) is 0 Å². The van der Waals surface area contributed by atoms with Gasteiger partial charge < -0.3 is 15.5 Å². The van der Waals surface area contributed by atoms with Crippen molar-refractivity contribution in [1.29, 1.82) is 0 Å². The summed E-state index contributed by atoms with van der Waals surface area (Å²) >= 11 is 0. The number of carbonyl (C=O) groups is 2. The lowest BCUT2D eigenvalue weighted by molar-refractivity contribution is -0.384. The predicted octanol–water partition coefficient (Wildman–Crippen LogP) is 1.82. The van der Waals surface area contributed by atoms with Crippen molar-refractivity contribution in [1.82, 2.24) is 20.4 Å². The molecule has 0 bridgehead atoms. The maximum absolute atomic E-state index is 12.9. The molecule has 1 aliphatic heterocycles. The van der Waals surface area contributed by atoms with E-state index in [0.29, 0.717) is 6.54 Å². The first-order chi connectivity index (χ1) is 15.3. The smallest absolute Gasteiger partial charge is 0.270 e. The minimum atomic E-state index is -0.805. The number of nitrogens with one attached hydrogen (secondary N) is 2. The summed E-state index contributed by atoms with van der Waals surface area (Å²) in [6.07, 6.45) is 0.